The summed E-state index contributed by atoms with van der Waals surface area (Å²) in [6.07, 6.45) is 8.08. The van der Waals surface area contributed by atoms with E-state index in [4.69, 9.17) is 0 Å². The molecule has 0 fully saturated rings. The van der Waals surface area contributed by atoms with Gasteiger partial charge in [0, 0.05) is 17.1 Å². The minimum absolute atomic E-state index is 0.433. The predicted molar refractivity (Wildman–Crippen MR) is 217 cm³/mol. The first kappa shape index (κ1) is 31.8. The number of rotatable bonds is 9. The molecule has 0 spiro atoms. The van der Waals surface area contributed by atoms with E-state index in [1.165, 1.54) is 44.5 Å². The van der Waals surface area contributed by atoms with Crippen LogP contribution >= 0.6 is 0 Å². The van der Waals surface area contributed by atoms with Gasteiger partial charge in [0.2, 0.25) is 0 Å². The molecule has 0 radical (unpaired) electrons. The minimum atomic E-state index is -0.433. The second kappa shape index (κ2) is 13.8. The van der Waals surface area contributed by atoms with E-state index in [9.17, 15) is 0 Å². The van der Waals surface area contributed by atoms with E-state index in [1.807, 2.05) is 13.0 Å². The first-order valence-electron chi connectivity index (χ1n) is 17.6. The number of anilines is 3. The smallest absolute Gasteiger partial charge is 0.0713 e. The average Bonchev–Trinajstić information content (AvgIpc) is 3.51. The Balaban J connectivity index is 1.27. The number of allylic oxidation sites excluding steroid dienone is 5. The van der Waals surface area contributed by atoms with Gasteiger partial charge in [0.15, 0.2) is 0 Å². The summed E-state index contributed by atoms with van der Waals surface area (Å²) < 4.78 is 0. The highest BCUT2D eigenvalue weighted by molar-refractivity contribution is 5.87. The number of hydrogen-bond donors (Lipinski definition) is 0. The zero-order chi connectivity index (χ0) is 34.6. The van der Waals surface area contributed by atoms with E-state index >= 15 is 0 Å². The van der Waals surface area contributed by atoms with Crippen LogP contribution < -0.4 is 4.90 Å². The third-order valence-electron chi connectivity index (χ3n) is 10.1. The van der Waals surface area contributed by atoms with Crippen LogP contribution in [0.15, 0.2) is 213 Å². The second-order valence-electron chi connectivity index (χ2n) is 12.9. The lowest BCUT2D eigenvalue weighted by atomic mass is 9.68. The molecule has 51 heavy (non-hydrogen) atoms. The number of nitrogens with zero attached hydrogens (tertiary/aromatic N) is 1. The van der Waals surface area contributed by atoms with Crippen LogP contribution in [0.3, 0.4) is 0 Å². The van der Waals surface area contributed by atoms with Gasteiger partial charge in [0.25, 0.3) is 0 Å². The molecule has 244 valence electrons. The molecule has 1 aliphatic rings. The molecule has 1 aliphatic carbocycles. The fourth-order valence-corrected chi connectivity index (χ4v) is 7.81. The monoisotopic (exact) mass is 653 g/mol. The maximum Gasteiger partial charge on any atom is 0.0713 e. The molecule has 0 aromatic heterocycles. The van der Waals surface area contributed by atoms with Gasteiger partial charge in [0.1, 0.15) is 0 Å². The summed E-state index contributed by atoms with van der Waals surface area (Å²) in [4.78, 5) is 2.35. The summed E-state index contributed by atoms with van der Waals surface area (Å²) in [6, 6.07) is 66.3. The first-order valence-corrected chi connectivity index (χ1v) is 17.6. The van der Waals surface area contributed by atoms with E-state index in [2.05, 4.69) is 212 Å². The molecule has 0 bridgehead atoms. The zero-order valence-corrected chi connectivity index (χ0v) is 28.8. The van der Waals surface area contributed by atoms with E-state index in [0.717, 1.165) is 28.2 Å². The molecule has 0 saturated carbocycles. The second-order valence-corrected chi connectivity index (χ2v) is 12.9. The standard InChI is InChI=1S/C50H39N/c1-3-15-37(16-4-2)39-25-31-43(32-26-39)51(44-33-27-40(28-34-44)38-17-7-5-8-18-38)45-35-29-42(30-36-45)50(41-19-9-6-10-20-41)48-23-13-11-21-46(48)47-22-12-14-24-49(47)50/h3-36H,1H2,2H3/b16-4-,37-15+. The molecule has 0 aliphatic heterocycles. The zero-order valence-electron chi connectivity index (χ0n) is 28.8. The van der Waals surface area contributed by atoms with Crippen molar-refractivity contribution >= 4 is 22.6 Å². The van der Waals surface area contributed by atoms with Crippen molar-refractivity contribution in [1.29, 1.82) is 0 Å². The van der Waals surface area contributed by atoms with Crippen LogP contribution in [0.4, 0.5) is 17.1 Å². The molecule has 1 heteroatoms. The predicted octanol–water partition coefficient (Wildman–Crippen LogP) is 13.3. The van der Waals surface area contributed by atoms with Crippen LogP contribution in [0.5, 0.6) is 0 Å². The topological polar surface area (TPSA) is 3.24 Å². The van der Waals surface area contributed by atoms with Gasteiger partial charge in [-0.3, -0.25) is 0 Å². The highest BCUT2D eigenvalue weighted by Crippen LogP contribution is 2.56. The highest BCUT2D eigenvalue weighted by atomic mass is 15.1. The summed E-state index contributed by atoms with van der Waals surface area (Å²) in [7, 11) is 0. The molecule has 7 aromatic rings. The molecular formula is C50H39N. The van der Waals surface area contributed by atoms with Crippen LogP contribution in [0, 0.1) is 0 Å². The molecule has 0 heterocycles. The Hall–Kier alpha value is -6.44. The van der Waals surface area contributed by atoms with Crippen LogP contribution in [-0.4, -0.2) is 0 Å². The molecular weight excluding hydrogens is 615 g/mol. The van der Waals surface area contributed by atoms with Crippen molar-refractivity contribution in [3.8, 4) is 22.3 Å². The Labute approximate surface area is 301 Å². The van der Waals surface area contributed by atoms with E-state index in [-0.39, 0.29) is 0 Å². The Bertz CT molecular complexity index is 2300. The lowest BCUT2D eigenvalue weighted by Crippen LogP contribution is -2.28. The van der Waals surface area contributed by atoms with Gasteiger partial charge in [-0.15, -0.1) is 0 Å². The van der Waals surface area contributed by atoms with Crippen molar-refractivity contribution < 1.29 is 0 Å². The van der Waals surface area contributed by atoms with Crippen LogP contribution in [-0.2, 0) is 5.41 Å². The maximum atomic E-state index is 3.93. The van der Waals surface area contributed by atoms with Crippen molar-refractivity contribution in [2.24, 2.45) is 0 Å². The Kier molecular flexibility index (Phi) is 8.62. The largest absolute Gasteiger partial charge is 0.311 e. The van der Waals surface area contributed by atoms with Gasteiger partial charge in [0.05, 0.1) is 5.41 Å². The number of fused-ring (bicyclic) bond motifs is 3. The molecule has 1 nitrogen and oxygen atoms in total. The van der Waals surface area contributed by atoms with Crippen molar-refractivity contribution in [3.05, 3.63) is 241 Å². The molecule has 0 atom stereocenters. The van der Waals surface area contributed by atoms with Gasteiger partial charge in [-0.05, 0) is 99.0 Å². The Morgan fingerprint density at radius 2 is 0.941 bits per heavy atom. The lowest BCUT2D eigenvalue weighted by molar-refractivity contribution is 0.768. The average molecular weight is 654 g/mol. The van der Waals surface area contributed by atoms with Crippen LogP contribution in [0.25, 0.3) is 27.8 Å². The van der Waals surface area contributed by atoms with Crippen molar-refractivity contribution in [3.63, 3.8) is 0 Å². The normalized spacial score (nSPS) is 13.1. The summed E-state index contributed by atoms with van der Waals surface area (Å²) in [5.74, 6) is 0. The van der Waals surface area contributed by atoms with Gasteiger partial charge in [-0.1, -0.05) is 176 Å². The summed E-state index contributed by atoms with van der Waals surface area (Å²) in [5, 5.41) is 0. The highest BCUT2D eigenvalue weighted by Gasteiger charge is 2.45. The number of benzene rings is 7. The minimum Gasteiger partial charge on any atom is -0.311 e. The quantitative estimate of drug-likeness (QED) is 0.140. The van der Waals surface area contributed by atoms with Gasteiger partial charge in [-0.25, -0.2) is 0 Å². The fraction of sp³-hybridized carbons (Fsp3) is 0.0400. The van der Waals surface area contributed by atoms with Crippen LogP contribution in [0.2, 0.25) is 0 Å². The molecule has 0 N–H and O–H groups in total. The Morgan fingerprint density at radius 3 is 1.49 bits per heavy atom. The first-order chi connectivity index (χ1) is 25.2. The molecule has 0 unspecified atom stereocenters. The molecule has 7 aromatic carbocycles. The maximum absolute atomic E-state index is 3.93. The Morgan fingerprint density at radius 1 is 0.490 bits per heavy atom. The van der Waals surface area contributed by atoms with Gasteiger partial charge in [-0.2, -0.15) is 0 Å². The van der Waals surface area contributed by atoms with E-state index < -0.39 is 5.41 Å². The summed E-state index contributed by atoms with van der Waals surface area (Å²) >= 11 is 0. The van der Waals surface area contributed by atoms with E-state index in [0.29, 0.717) is 0 Å². The SMILES string of the molecule is C=C/C=C(\C=C/C)c1ccc(N(c2ccc(-c3ccccc3)cc2)c2ccc(C3(c4ccccc4)c4ccccc4-c4ccccc43)cc2)cc1. The molecule has 8 rings (SSSR count). The molecule has 0 amide bonds. The lowest BCUT2D eigenvalue weighted by Gasteiger charge is -2.34. The third kappa shape index (κ3) is 5.63. The van der Waals surface area contributed by atoms with Gasteiger partial charge >= 0.3 is 0 Å². The van der Waals surface area contributed by atoms with Crippen molar-refractivity contribution in [1.82, 2.24) is 0 Å². The third-order valence-corrected chi connectivity index (χ3v) is 10.1. The summed E-state index contributed by atoms with van der Waals surface area (Å²) in [5.41, 5.74) is 15.3. The van der Waals surface area contributed by atoms with E-state index in [1.54, 1.807) is 0 Å². The summed E-state index contributed by atoms with van der Waals surface area (Å²) in [6.45, 7) is 5.97. The van der Waals surface area contributed by atoms with Crippen LogP contribution in [0.1, 0.15) is 34.7 Å². The van der Waals surface area contributed by atoms with Crippen molar-refractivity contribution in [2.45, 2.75) is 12.3 Å². The van der Waals surface area contributed by atoms with Crippen molar-refractivity contribution in [2.75, 3.05) is 4.90 Å². The fourth-order valence-electron chi connectivity index (χ4n) is 7.81. The molecule has 0 saturated heterocycles. The number of hydrogen-bond acceptors (Lipinski definition) is 1. The van der Waals surface area contributed by atoms with Gasteiger partial charge < -0.3 is 4.90 Å².